The lowest BCUT2D eigenvalue weighted by Gasteiger charge is -2.31. The third kappa shape index (κ3) is 3.98. The largest absolute Gasteiger partial charge is 0.434 e. The molecule has 3 rings (SSSR count). The third-order valence-electron chi connectivity index (χ3n) is 4.21. The van der Waals surface area contributed by atoms with Crippen molar-refractivity contribution in [2.75, 3.05) is 19.7 Å². The molecule has 28 heavy (non-hydrogen) atoms. The van der Waals surface area contributed by atoms with Gasteiger partial charge >= 0.3 is 12.4 Å². The Morgan fingerprint density at radius 2 is 1.89 bits per heavy atom. The van der Waals surface area contributed by atoms with Crippen molar-refractivity contribution >= 4 is 5.91 Å². The summed E-state index contributed by atoms with van der Waals surface area (Å²) in [4.78, 5) is 13.8. The molecule has 0 saturated carbocycles. The monoisotopic (exact) mass is 407 g/mol. The van der Waals surface area contributed by atoms with Gasteiger partial charge in [0.05, 0.1) is 35.7 Å². The van der Waals surface area contributed by atoms with Crippen molar-refractivity contribution in [2.24, 2.45) is 0 Å². The van der Waals surface area contributed by atoms with E-state index in [1.165, 1.54) is 4.90 Å². The number of carbonyl (C=O) groups excluding carboxylic acids is 1. The minimum atomic E-state index is -5.01. The molecule has 0 radical (unpaired) electrons. The lowest BCUT2D eigenvalue weighted by molar-refractivity contribution is -0.143. The van der Waals surface area contributed by atoms with E-state index in [-0.39, 0.29) is 25.8 Å². The molecule has 0 N–H and O–H groups in total. The van der Waals surface area contributed by atoms with Gasteiger partial charge in [-0.2, -0.15) is 31.4 Å². The van der Waals surface area contributed by atoms with Crippen LogP contribution >= 0.6 is 0 Å². The van der Waals surface area contributed by atoms with Gasteiger partial charge in [0.1, 0.15) is 0 Å². The van der Waals surface area contributed by atoms with Crippen molar-refractivity contribution in [3.63, 3.8) is 0 Å². The summed E-state index contributed by atoms with van der Waals surface area (Å²) in [5.41, 5.74) is -3.71. The zero-order valence-corrected chi connectivity index (χ0v) is 14.5. The number of morpholine rings is 1. The maximum Gasteiger partial charge on any atom is 0.434 e. The molecule has 152 valence electrons. The molecule has 1 aliphatic rings. The van der Waals surface area contributed by atoms with Gasteiger partial charge in [0.15, 0.2) is 5.69 Å². The van der Waals surface area contributed by atoms with Crippen molar-refractivity contribution in [1.29, 1.82) is 0 Å². The van der Waals surface area contributed by atoms with Crippen LogP contribution in [0.15, 0.2) is 30.5 Å². The van der Waals surface area contributed by atoms with E-state index in [0.717, 1.165) is 24.4 Å². The molecule has 2 heterocycles. The number of nitrogens with zero attached hydrogens (tertiary/aromatic N) is 3. The minimum Gasteiger partial charge on any atom is -0.375 e. The number of rotatable bonds is 2. The minimum absolute atomic E-state index is 0.102. The van der Waals surface area contributed by atoms with Crippen molar-refractivity contribution < 1.29 is 35.9 Å². The van der Waals surface area contributed by atoms with Crippen LogP contribution in [0, 0.1) is 0 Å². The van der Waals surface area contributed by atoms with Crippen molar-refractivity contribution in [1.82, 2.24) is 14.7 Å². The molecule has 5 nitrogen and oxygen atoms in total. The molecule has 1 aliphatic heterocycles. The molecule has 1 saturated heterocycles. The molecule has 1 amide bonds. The highest BCUT2D eigenvalue weighted by Gasteiger charge is 2.42. The molecule has 1 atom stereocenters. The normalized spacial score (nSPS) is 18.4. The molecule has 1 fully saturated rings. The van der Waals surface area contributed by atoms with E-state index >= 15 is 0 Å². The van der Waals surface area contributed by atoms with Gasteiger partial charge < -0.3 is 9.64 Å². The van der Waals surface area contributed by atoms with E-state index in [2.05, 4.69) is 5.10 Å². The van der Waals surface area contributed by atoms with E-state index in [1.807, 2.05) is 0 Å². The second kappa shape index (κ2) is 7.12. The topological polar surface area (TPSA) is 47.4 Å². The van der Waals surface area contributed by atoms with Gasteiger partial charge in [0.25, 0.3) is 5.91 Å². The number of ether oxygens (including phenoxy) is 1. The predicted octanol–water partition coefficient (Wildman–Crippen LogP) is 3.77. The molecule has 11 heteroatoms. The van der Waals surface area contributed by atoms with Gasteiger partial charge in [-0.05, 0) is 25.1 Å². The fraction of sp³-hybridized carbons (Fsp3) is 0.412. The van der Waals surface area contributed by atoms with Gasteiger partial charge in [-0.3, -0.25) is 4.79 Å². The fourth-order valence-electron chi connectivity index (χ4n) is 2.96. The Bertz CT molecular complexity index is 875. The Labute approximate surface area is 155 Å². The standard InChI is InChI=1S/C17H15F6N3O2/c1-10-9-25(5-6-28-10)15(27)13-8-24-26(14(13)17(21,22)23)12-4-2-3-11(7-12)16(18,19)20/h2-4,7-8,10H,5-6,9H2,1H3. The lowest BCUT2D eigenvalue weighted by atomic mass is 10.1. The summed E-state index contributed by atoms with van der Waals surface area (Å²) in [7, 11) is 0. The number of benzene rings is 1. The SMILES string of the molecule is CC1CN(C(=O)c2cnn(-c3cccc(C(F)(F)F)c3)c2C(F)(F)F)CCO1. The first-order chi connectivity index (χ1) is 13.0. The maximum atomic E-state index is 13.7. The first-order valence-electron chi connectivity index (χ1n) is 8.22. The molecule has 2 aromatic rings. The highest BCUT2D eigenvalue weighted by Crippen LogP contribution is 2.36. The molecule has 0 aliphatic carbocycles. The summed E-state index contributed by atoms with van der Waals surface area (Å²) in [6.07, 6.45) is -9.35. The van der Waals surface area contributed by atoms with E-state index in [9.17, 15) is 31.1 Å². The summed E-state index contributed by atoms with van der Waals surface area (Å²) in [5, 5.41) is 3.56. The molecule has 1 aromatic carbocycles. The Balaban J connectivity index is 2.06. The Hall–Kier alpha value is -2.56. The number of aromatic nitrogens is 2. The smallest absolute Gasteiger partial charge is 0.375 e. The first kappa shape index (κ1) is 20.2. The summed E-state index contributed by atoms with van der Waals surface area (Å²) in [6, 6.07) is 3.32. The van der Waals surface area contributed by atoms with Crippen molar-refractivity contribution in [2.45, 2.75) is 25.4 Å². The third-order valence-corrected chi connectivity index (χ3v) is 4.21. The Kier molecular flexibility index (Phi) is 5.13. The van der Waals surface area contributed by atoms with Crippen LogP contribution in [-0.2, 0) is 17.1 Å². The quantitative estimate of drug-likeness (QED) is 0.713. The Morgan fingerprint density at radius 1 is 1.18 bits per heavy atom. The lowest BCUT2D eigenvalue weighted by Crippen LogP contribution is -2.45. The molecular weight excluding hydrogens is 392 g/mol. The van der Waals surface area contributed by atoms with Crippen LogP contribution in [-0.4, -0.2) is 46.4 Å². The number of alkyl halides is 6. The van der Waals surface area contributed by atoms with Crippen LogP contribution in [0.25, 0.3) is 5.69 Å². The van der Waals surface area contributed by atoms with Crippen molar-refractivity contribution in [3.8, 4) is 5.69 Å². The number of hydrogen-bond donors (Lipinski definition) is 0. The summed E-state index contributed by atoms with van der Waals surface area (Å²) in [6.45, 7) is 2.06. The highest BCUT2D eigenvalue weighted by molar-refractivity contribution is 5.95. The number of amides is 1. The predicted molar refractivity (Wildman–Crippen MR) is 84.9 cm³/mol. The summed E-state index contributed by atoms with van der Waals surface area (Å²) < 4.78 is 85.4. The second-order valence-corrected chi connectivity index (χ2v) is 6.30. The van der Waals surface area contributed by atoms with Crippen LogP contribution in [0.3, 0.4) is 0 Å². The average Bonchev–Trinajstić information content (AvgIpc) is 3.06. The molecular formula is C17H15F6N3O2. The van der Waals surface area contributed by atoms with Crippen LogP contribution in [0.1, 0.15) is 28.5 Å². The second-order valence-electron chi connectivity index (χ2n) is 6.30. The van der Waals surface area contributed by atoms with Gasteiger partial charge in [0.2, 0.25) is 0 Å². The highest BCUT2D eigenvalue weighted by atomic mass is 19.4. The van der Waals surface area contributed by atoms with Gasteiger partial charge in [0, 0.05) is 13.1 Å². The van der Waals surface area contributed by atoms with E-state index in [4.69, 9.17) is 4.74 Å². The van der Waals surface area contributed by atoms with Crippen LogP contribution < -0.4 is 0 Å². The number of carbonyl (C=O) groups is 1. The van der Waals surface area contributed by atoms with Gasteiger partial charge in [-0.1, -0.05) is 6.07 Å². The van der Waals surface area contributed by atoms with E-state index < -0.39 is 40.8 Å². The summed E-state index contributed by atoms with van der Waals surface area (Å²) in [5.74, 6) is -0.902. The molecule has 1 unspecified atom stereocenters. The van der Waals surface area contributed by atoms with E-state index in [0.29, 0.717) is 10.7 Å². The fourth-order valence-corrected chi connectivity index (χ4v) is 2.96. The van der Waals surface area contributed by atoms with Gasteiger partial charge in [-0.25, -0.2) is 4.68 Å². The zero-order chi connectivity index (χ0) is 20.7. The summed E-state index contributed by atoms with van der Waals surface area (Å²) >= 11 is 0. The number of halogens is 6. The van der Waals surface area contributed by atoms with Gasteiger partial charge in [-0.15, -0.1) is 0 Å². The Morgan fingerprint density at radius 3 is 2.50 bits per heavy atom. The zero-order valence-electron chi connectivity index (χ0n) is 14.5. The first-order valence-corrected chi connectivity index (χ1v) is 8.22. The average molecular weight is 407 g/mol. The number of hydrogen-bond acceptors (Lipinski definition) is 3. The van der Waals surface area contributed by atoms with Crippen LogP contribution in [0.4, 0.5) is 26.3 Å². The molecule has 0 spiro atoms. The van der Waals surface area contributed by atoms with Crippen LogP contribution in [0.2, 0.25) is 0 Å². The molecule has 0 bridgehead atoms. The van der Waals surface area contributed by atoms with Crippen LogP contribution in [0.5, 0.6) is 0 Å². The molecule has 1 aromatic heterocycles. The maximum absolute atomic E-state index is 13.7. The van der Waals surface area contributed by atoms with E-state index in [1.54, 1.807) is 6.92 Å². The van der Waals surface area contributed by atoms with Crippen molar-refractivity contribution in [3.05, 3.63) is 47.3 Å².